The number of rotatable bonds is 5. The third kappa shape index (κ3) is 3.62. The largest absolute Gasteiger partial charge is 0.478 e. The van der Waals surface area contributed by atoms with Crippen molar-refractivity contribution in [1.29, 1.82) is 5.26 Å². The Morgan fingerprint density at radius 1 is 1.00 bits per heavy atom. The van der Waals surface area contributed by atoms with E-state index in [9.17, 15) is 20.0 Å². The number of ketones is 1. The van der Waals surface area contributed by atoms with Gasteiger partial charge in [0.15, 0.2) is 0 Å². The van der Waals surface area contributed by atoms with Crippen LogP contribution in [0.1, 0.15) is 37.7 Å². The number of aryl methyl sites for hydroxylation is 1. The van der Waals surface area contributed by atoms with Crippen molar-refractivity contribution in [1.82, 2.24) is 4.57 Å². The maximum atomic E-state index is 12.6. The van der Waals surface area contributed by atoms with Crippen LogP contribution in [0.5, 0.6) is 0 Å². The average molecular weight is 370 g/mol. The zero-order valence-electron chi connectivity index (χ0n) is 15.5. The van der Waals surface area contributed by atoms with Crippen LogP contribution in [-0.4, -0.2) is 21.4 Å². The van der Waals surface area contributed by atoms with Crippen molar-refractivity contribution in [3.63, 3.8) is 0 Å². The molecule has 28 heavy (non-hydrogen) atoms. The first-order valence-corrected chi connectivity index (χ1v) is 8.66. The molecule has 0 aliphatic carbocycles. The van der Waals surface area contributed by atoms with Gasteiger partial charge >= 0.3 is 5.97 Å². The van der Waals surface area contributed by atoms with Crippen molar-refractivity contribution < 1.29 is 14.7 Å². The average Bonchev–Trinajstić information content (AvgIpc) is 2.99. The van der Waals surface area contributed by atoms with Crippen LogP contribution in [0.4, 0.5) is 0 Å². The summed E-state index contributed by atoms with van der Waals surface area (Å²) >= 11 is 0. The van der Waals surface area contributed by atoms with Gasteiger partial charge in [-0.05, 0) is 49.8 Å². The van der Waals surface area contributed by atoms with Crippen molar-refractivity contribution in [2.75, 3.05) is 0 Å². The van der Waals surface area contributed by atoms with Crippen LogP contribution in [0, 0.1) is 25.2 Å². The molecule has 0 aliphatic heterocycles. The number of Topliss-reactive ketones (excluding diaryl/α,β-unsaturated/α-hetero) is 1. The Bertz CT molecular complexity index is 1130. The van der Waals surface area contributed by atoms with Crippen LogP contribution < -0.4 is 0 Å². The zero-order valence-corrected chi connectivity index (χ0v) is 15.5. The fraction of sp³-hybridized carbons (Fsp3) is 0.0870. The molecule has 5 heteroatoms. The lowest BCUT2D eigenvalue weighted by Gasteiger charge is -2.10. The number of nitrogens with zero attached hydrogens (tertiary/aromatic N) is 2. The minimum atomic E-state index is -0.996. The molecule has 0 aliphatic rings. The van der Waals surface area contributed by atoms with E-state index in [2.05, 4.69) is 0 Å². The maximum Gasteiger partial charge on any atom is 0.335 e. The SMILES string of the molecule is Cc1cc(C=C(C#N)C(=O)c2ccccc2)c(C)n1-c1cccc(C(=O)O)c1. The first-order chi connectivity index (χ1) is 13.4. The minimum Gasteiger partial charge on any atom is -0.478 e. The summed E-state index contributed by atoms with van der Waals surface area (Å²) in [6, 6.07) is 19.2. The molecule has 0 saturated carbocycles. The van der Waals surface area contributed by atoms with E-state index in [1.54, 1.807) is 42.5 Å². The van der Waals surface area contributed by atoms with Gasteiger partial charge in [-0.3, -0.25) is 4.79 Å². The summed E-state index contributed by atoms with van der Waals surface area (Å²) < 4.78 is 1.90. The highest BCUT2D eigenvalue weighted by molar-refractivity contribution is 6.14. The molecule has 2 aromatic carbocycles. The fourth-order valence-corrected chi connectivity index (χ4v) is 3.16. The summed E-state index contributed by atoms with van der Waals surface area (Å²) in [6.07, 6.45) is 1.58. The molecular weight excluding hydrogens is 352 g/mol. The molecule has 0 spiro atoms. The first-order valence-electron chi connectivity index (χ1n) is 8.66. The lowest BCUT2D eigenvalue weighted by Crippen LogP contribution is -2.03. The van der Waals surface area contributed by atoms with Crippen LogP contribution in [0.2, 0.25) is 0 Å². The number of hydrogen-bond donors (Lipinski definition) is 1. The van der Waals surface area contributed by atoms with E-state index in [1.165, 1.54) is 6.07 Å². The lowest BCUT2D eigenvalue weighted by atomic mass is 10.0. The van der Waals surface area contributed by atoms with Gasteiger partial charge in [-0.15, -0.1) is 0 Å². The molecule has 1 aromatic heterocycles. The Labute approximate surface area is 162 Å². The van der Waals surface area contributed by atoms with Gasteiger partial charge in [0.2, 0.25) is 5.78 Å². The quantitative estimate of drug-likeness (QED) is 0.405. The van der Waals surface area contributed by atoms with Gasteiger partial charge in [-0.2, -0.15) is 5.26 Å². The van der Waals surface area contributed by atoms with Crippen LogP contribution in [0.3, 0.4) is 0 Å². The Morgan fingerprint density at radius 2 is 1.68 bits per heavy atom. The summed E-state index contributed by atoms with van der Waals surface area (Å²) in [5.74, 6) is -1.33. The van der Waals surface area contributed by atoms with E-state index in [-0.39, 0.29) is 16.9 Å². The third-order valence-electron chi connectivity index (χ3n) is 4.52. The van der Waals surface area contributed by atoms with Crippen LogP contribution in [-0.2, 0) is 0 Å². The van der Waals surface area contributed by atoms with E-state index < -0.39 is 5.97 Å². The van der Waals surface area contributed by atoms with Gasteiger partial charge in [0.25, 0.3) is 0 Å². The van der Waals surface area contributed by atoms with Gasteiger partial charge in [-0.1, -0.05) is 36.4 Å². The van der Waals surface area contributed by atoms with E-state index >= 15 is 0 Å². The van der Waals surface area contributed by atoms with Crippen LogP contribution in [0.15, 0.2) is 66.2 Å². The Kier molecular flexibility index (Phi) is 5.23. The van der Waals surface area contributed by atoms with Crippen LogP contribution >= 0.6 is 0 Å². The second-order valence-electron chi connectivity index (χ2n) is 6.38. The molecule has 1 heterocycles. The molecule has 0 radical (unpaired) electrons. The van der Waals surface area contributed by atoms with Gasteiger partial charge in [0, 0.05) is 22.6 Å². The molecule has 0 bridgehead atoms. The highest BCUT2D eigenvalue weighted by atomic mass is 16.4. The topological polar surface area (TPSA) is 83.1 Å². The van der Waals surface area contributed by atoms with Gasteiger partial charge in [0.1, 0.15) is 11.6 Å². The van der Waals surface area contributed by atoms with Crippen molar-refractivity contribution in [3.05, 3.63) is 94.3 Å². The van der Waals surface area contributed by atoms with Crippen LogP contribution in [0.25, 0.3) is 11.8 Å². The lowest BCUT2D eigenvalue weighted by molar-refractivity contribution is 0.0696. The second-order valence-corrected chi connectivity index (χ2v) is 6.38. The predicted octanol–water partition coefficient (Wildman–Crippen LogP) is 4.58. The third-order valence-corrected chi connectivity index (χ3v) is 4.52. The molecule has 5 nitrogen and oxygen atoms in total. The number of carboxylic acid groups (broad SMARTS) is 1. The van der Waals surface area contributed by atoms with Crippen molar-refractivity contribution in [2.24, 2.45) is 0 Å². The normalized spacial score (nSPS) is 11.1. The Balaban J connectivity index is 2.05. The van der Waals surface area contributed by atoms with E-state index in [4.69, 9.17) is 0 Å². The molecule has 1 N–H and O–H groups in total. The summed E-state index contributed by atoms with van der Waals surface area (Å²) in [7, 11) is 0. The number of aromatic nitrogens is 1. The molecule has 0 saturated heterocycles. The minimum absolute atomic E-state index is 0.0470. The monoisotopic (exact) mass is 370 g/mol. The molecule has 0 amide bonds. The molecule has 0 atom stereocenters. The number of benzene rings is 2. The molecular formula is C23H18N2O3. The van der Waals surface area contributed by atoms with Crippen molar-refractivity contribution in [3.8, 4) is 11.8 Å². The number of nitriles is 1. The fourth-order valence-electron chi connectivity index (χ4n) is 3.16. The number of allylic oxidation sites excluding steroid dienone is 1. The van der Waals surface area contributed by atoms with E-state index in [1.807, 2.05) is 42.7 Å². The molecule has 0 fully saturated rings. The molecule has 0 unspecified atom stereocenters. The first kappa shape index (κ1) is 18.9. The predicted molar refractivity (Wildman–Crippen MR) is 107 cm³/mol. The molecule has 3 aromatic rings. The standard InChI is InChI=1S/C23H18N2O3/c1-15-11-19(12-20(14-24)22(26)17-7-4-3-5-8-17)16(2)25(15)21-10-6-9-18(13-21)23(27)28/h3-13H,1-2H3,(H,27,28). The summed E-state index contributed by atoms with van der Waals surface area (Å²) in [6.45, 7) is 3.76. The second kappa shape index (κ2) is 7.77. The highest BCUT2D eigenvalue weighted by Crippen LogP contribution is 2.24. The smallest absolute Gasteiger partial charge is 0.335 e. The van der Waals surface area contributed by atoms with Gasteiger partial charge in [-0.25, -0.2) is 4.79 Å². The summed E-state index contributed by atoms with van der Waals surface area (Å²) in [4.78, 5) is 23.9. The van der Waals surface area contributed by atoms with Crippen molar-refractivity contribution >= 4 is 17.8 Å². The number of hydrogen-bond acceptors (Lipinski definition) is 3. The van der Waals surface area contributed by atoms with E-state index in [0.29, 0.717) is 11.3 Å². The maximum absolute atomic E-state index is 12.6. The molecule has 3 rings (SSSR count). The Morgan fingerprint density at radius 3 is 2.32 bits per heavy atom. The molecule has 138 valence electrons. The summed E-state index contributed by atoms with van der Waals surface area (Å²) in [5.41, 5.74) is 3.83. The highest BCUT2D eigenvalue weighted by Gasteiger charge is 2.15. The number of carbonyl (C=O) groups excluding carboxylic acids is 1. The van der Waals surface area contributed by atoms with Crippen molar-refractivity contribution in [2.45, 2.75) is 13.8 Å². The zero-order chi connectivity index (χ0) is 20.3. The Hall–Kier alpha value is -3.91. The van der Waals surface area contributed by atoms with Gasteiger partial charge in [0.05, 0.1) is 5.56 Å². The van der Waals surface area contributed by atoms with E-state index in [0.717, 1.165) is 17.0 Å². The van der Waals surface area contributed by atoms with Gasteiger partial charge < -0.3 is 9.67 Å². The summed E-state index contributed by atoms with van der Waals surface area (Å²) in [5, 5.41) is 18.7. The number of carboxylic acids is 1. The number of aromatic carboxylic acids is 1. The number of carbonyl (C=O) groups is 2.